The van der Waals surface area contributed by atoms with E-state index in [0.29, 0.717) is 0 Å². The molecule has 0 spiro atoms. The first-order valence-electron chi connectivity index (χ1n) is 2.12. The average Bonchev–Trinajstić information content (AvgIpc) is 1.59. The highest BCUT2D eigenvalue weighted by Crippen LogP contribution is 1.84. The predicted molar refractivity (Wildman–Crippen MR) is 28.0 cm³/mol. The van der Waals surface area contributed by atoms with Crippen molar-refractivity contribution < 1.29 is 13.0 Å². The summed E-state index contributed by atoms with van der Waals surface area (Å²) >= 11 is 0. The summed E-state index contributed by atoms with van der Waals surface area (Å²) in [6, 6.07) is 0. The number of nitrogens with zero attached hydrogens (tertiary/aromatic N) is 1. The standard InChI is InChI=1S/C3H7NO3S/c4-2-1-3-8(5,6)7/h1-3H2,(H,5,6,7). The summed E-state index contributed by atoms with van der Waals surface area (Å²) in [5.74, 6) is -0.358. The second-order valence-electron chi connectivity index (χ2n) is 1.36. The lowest BCUT2D eigenvalue weighted by Crippen LogP contribution is -2.05. The Bertz CT molecular complexity index is 139. The van der Waals surface area contributed by atoms with E-state index >= 15 is 0 Å². The van der Waals surface area contributed by atoms with Gasteiger partial charge in [0.1, 0.15) is 0 Å². The summed E-state index contributed by atoms with van der Waals surface area (Å²) in [6.07, 6.45) is 0.0961. The van der Waals surface area contributed by atoms with Crippen molar-refractivity contribution in [1.29, 1.82) is 0 Å². The fourth-order valence-corrected chi connectivity index (χ4v) is 0.741. The van der Waals surface area contributed by atoms with Gasteiger partial charge in [-0.25, -0.2) is 0 Å². The molecule has 0 heterocycles. The zero-order valence-electron chi connectivity index (χ0n) is 4.24. The average molecular weight is 137 g/mol. The third-order valence-electron chi connectivity index (χ3n) is 0.560. The maximum atomic E-state index is 9.83. The molecule has 48 valence electrons. The van der Waals surface area contributed by atoms with E-state index in [9.17, 15) is 8.42 Å². The monoisotopic (exact) mass is 137 g/mol. The second-order valence-corrected chi connectivity index (χ2v) is 2.94. The van der Waals surface area contributed by atoms with Crippen LogP contribution in [0.15, 0.2) is 0 Å². The Morgan fingerprint density at radius 2 is 2.00 bits per heavy atom. The Kier molecular flexibility index (Phi) is 2.96. The molecule has 0 saturated heterocycles. The van der Waals surface area contributed by atoms with Gasteiger partial charge in [0.2, 0.25) is 0 Å². The van der Waals surface area contributed by atoms with Crippen molar-refractivity contribution in [3.8, 4) is 0 Å². The van der Waals surface area contributed by atoms with E-state index in [-0.39, 0.29) is 18.7 Å². The van der Waals surface area contributed by atoms with Crippen LogP contribution in [0.2, 0.25) is 0 Å². The molecule has 0 atom stereocenters. The Morgan fingerprint density at radius 1 is 1.50 bits per heavy atom. The van der Waals surface area contributed by atoms with E-state index in [2.05, 4.69) is 0 Å². The van der Waals surface area contributed by atoms with Crippen LogP contribution in [-0.2, 0) is 10.1 Å². The largest absolute Gasteiger partial charge is 0.286 e. The summed E-state index contributed by atoms with van der Waals surface area (Å²) in [5, 5.41) is 0. The molecule has 0 aliphatic heterocycles. The zero-order valence-corrected chi connectivity index (χ0v) is 5.06. The molecule has 0 amide bonds. The van der Waals surface area contributed by atoms with Gasteiger partial charge >= 0.3 is 0 Å². The fraction of sp³-hybridized carbons (Fsp3) is 1.00. The van der Waals surface area contributed by atoms with E-state index in [0.717, 1.165) is 0 Å². The molecule has 0 aliphatic rings. The minimum Gasteiger partial charge on any atom is -0.286 e. The summed E-state index contributed by atoms with van der Waals surface area (Å²) in [5.41, 5.74) is 8.05. The summed E-state index contributed by atoms with van der Waals surface area (Å²) in [4.78, 5) is 0. The first-order chi connectivity index (χ1) is 3.56. The molecule has 5 heteroatoms. The summed E-state index contributed by atoms with van der Waals surface area (Å²) in [6.45, 7) is -0.209. The summed E-state index contributed by atoms with van der Waals surface area (Å²) < 4.78 is 27.7. The predicted octanol–water partition coefficient (Wildman–Crippen LogP) is -0.667. The zero-order chi connectivity index (χ0) is 6.62. The molecule has 0 bridgehead atoms. The van der Waals surface area contributed by atoms with Crippen molar-refractivity contribution >= 4 is 10.1 Å². The van der Waals surface area contributed by atoms with Crippen molar-refractivity contribution in [2.75, 3.05) is 12.3 Å². The van der Waals surface area contributed by atoms with Gasteiger partial charge in [0.25, 0.3) is 10.1 Å². The highest BCUT2D eigenvalue weighted by Gasteiger charge is 2.00. The van der Waals surface area contributed by atoms with Crippen LogP contribution in [0.4, 0.5) is 0 Å². The molecule has 0 aromatic heterocycles. The fourth-order valence-electron chi connectivity index (χ4n) is 0.247. The molecule has 8 heavy (non-hydrogen) atoms. The van der Waals surface area contributed by atoms with Crippen molar-refractivity contribution in [2.45, 2.75) is 6.42 Å². The van der Waals surface area contributed by atoms with Crippen molar-refractivity contribution in [3.63, 3.8) is 0 Å². The molecular formula is C3H7NO3S. The van der Waals surface area contributed by atoms with Gasteiger partial charge in [-0.2, -0.15) is 8.42 Å². The summed E-state index contributed by atoms with van der Waals surface area (Å²) in [7, 11) is -3.85. The van der Waals surface area contributed by atoms with Crippen LogP contribution in [0, 0.1) is 0 Å². The van der Waals surface area contributed by atoms with Crippen LogP contribution >= 0.6 is 0 Å². The number of hydrogen-bond donors (Lipinski definition) is 1. The molecule has 0 saturated carbocycles. The van der Waals surface area contributed by atoms with Crippen LogP contribution < -0.4 is 5.73 Å². The van der Waals surface area contributed by atoms with Crippen LogP contribution in [0.25, 0.3) is 0 Å². The van der Waals surface area contributed by atoms with E-state index in [1.807, 2.05) is 0 Å². The third-order valence-corrected chi connectivity index (χ3v) is 1.36. The Hall–Kier alpha value is -0.130. The highest BCUT2D eigenvalue weighted by molar-refractivity contribution is 7.85. The smallest absolute Gasteiger partial charge is 0.264 e. The van der Waals surface area contributed by atoms with Crippen LogP contribution in [-0.4, -0.2) is 25.3 Å². The Morgan fingerprint density at radius 3 is 2.12 bits per heavy atom. The second kappa shape index (κ2) is 3.01. The molecule has 0 rings (SSSR count). The Balaban J connectivity index is 3.42. The lowest BCUT2D eigenvalue weighted by molar-refractivity contribution is 0.481. The van der Waals surface area contributed by atoms with Gasteiger partial charge in [-0.3, -0.25) is 4.55 Å². The quantitative estimate of drug-likeness (QED) is 0.524. The van der Waals surface area contributed by atoms with Gasteiger partial charge in [-0.15, -0.1) is 5.73 Å². The first-order valence-corrected chi connectivity index (χ1v) is 3.73. The molecule has 4 nitrogen and oxygen atoms in total. The van der Waals surface area contributed by atoms with E-state index < -0.39 is 10.1 Å². The molecule has 0 aromatic rings. The molecular weight excluding hydrogens is 130 g/mol. The van der Waals surface area contributed by atoms with E-state index in [4.69, 9.17) is 10.3 Å². The molecule has 1 N–H and O–H groups in total. The Labute approximate surface area is 48.4 Å². The molecule has 0 aliphatic carbocycles. The van der Waals surface area contributed by atoms with E-state index in [1.54, 1.807) is 0 Å². The van der Waals surface area contributed by atoms with Crippen LogP contribution in [0.5, 0.6) is 0 Å². The van der Waals surface area contributed by atoms with Crippen molar-refractivity contribution in [3.05, 3.63) is 0 Å². The van der Waals surface area contributed by atoms with Gasteiger partial charge in [0, 0.05) is 6.54 Å². The first kappa shape index (κ1) is 7.87. The van der Waals surface area contributed by atoms with Gasteiger partial charge < -0.3 is 0 Å². The van der Waals surface area contributed by atoms with Crippen LogP contribution in [0.1, 0.15) is 6.42 Å². The lowest BCUT2D eigenvalue weighted by atomic mass is 10.5. The normalized spacial score (nSPS) is 11.8. The minimum absolute atomic E-state index is 0.0961. The highest BCUT2D eigenvalue weighted by atomic mass is 32.2. The maximum Gasteiger partial charge on any atom is 0.264 e. The molecule has 2 radical (unpaired) electrons. The molecule has 0 aromatic carbocycles. The van der Waals surface area contributed by atoms with Gasteiger partial charge in [0.05, 0.1) is 5.75 Å². The minimum atomic E-state index is -3.85. The topological polar surface area (TPSA) is 76.7 Å². The van der Waals surface area contributed by atoms with Crippen LogP contribution in [0.3, 0.4) is 0 Å². The van der Waals surface area contributed by atoms with Crippen molar-refractivity contribution in [1.82, 2.24) is 5.73 Å². The third kappa shape index (κ3) is 5.87. The molecule has 0 fully saturated rings. The van der Waals surface area contributed by atoms with Gasteiger partial charge in [-0.05, 0) is 6.42 Å². The van der Waals surface area contributed by atoms with Gasteiger partial charge in [0.15, 0.2) is 0 Å². The number of hydrogen-bond acceptors (Lipinski definition) is 2. The van der Waals surface area contributed by atoms with E-state index in [1.165, 1.54) is 0 Å². The van der Waals surface area contributed by atoms with Crippen molar-refractivity contribution in [2.24, 2.45) is 0 Å². The lowest BCUT2D eigenvalue weighted by Gasteiger charge is -1.89. The molecule has 0 unspecified atom stereocenters. The number of rotatable bonds is 3. The SMILES string of the molecule is [N]CCCS(=O)(=O)O. The van der Waals surface area contributed by atoms with Gasteiger partial charge in [-0.1, -0.05) is 0 Å². The maximum absolute atomic E-state index is 9.83.